The highest BCUT2D eigenvalue weighted by Crippen LogP contribution is 2.23. The first-order valence-corrected chi connectivity index (χ1v) is 7.06. The summed E-state index contributed by atoms with van der Waals surface area (Å²) >= 11 is 0. The number of para-hydroxylation sites is 1. The standard InChI is InChI=1S/C12H13N3O4S/c1-8-11(19-20(16,17)18)9(2)14-12(13-8)15-10-6-4-3-5-7-10/h3-7H,1-2H3,(H,13,14,15)(H,16,17,18). The maximum atomic E-state index is 10.7. The third kappa shape index (κ3) is 3.65. The summed E-state index contributed by atoms with van der Waals surface area (Å²) in [5, 5.41) is 2.99. The summed E-state index contributed by atoms with van der Waals surface area (Å²) in [6.07, 6.45) is 0. The minimum absolute atomic E-state index is 0.0777. The third-order valence-corrected chi connectivity index (χ3v) is 2.80. The lowest BCUT2D eigenvalue weighted by molar-refractivity contribution is 0.383. The van der Waals surface area contributed by atoms with E-state index in [1.807, 2.05) is 30.3 Å². The van der Waals surface area contributed by atoms with Crippen LogP contribution in [0.1, 0.15) is 11.4 Å². The number of nitrogens with one attached hydrogen (secondary N) is 1. The van der Waals surface area contributed by atoms with Crippen molar-refractivity contribution in [3.05, 3.63) is 41.7 Å². The molecule has 0 aliphatic heterocycles. The van der Waals surface area contributed by atoms with Crippen molar-refractivity contribution in [2.45, 2.75) is 13.8 Å². The molecule has 0 aliphatic carbocycles. The highest BCUT2D eigenvalue weighted by molar-refractivity contribution is 7.81. The van der Waals surface area contributed by atoms with E-state index in [1.54, 1.807) is 13.8 Å². The van der Waals surface area contributed by atoms with E-state index in [0.717, 1.165) is 5.69 Å². The van der Waals surface area contributed by atoms with E-state index in [1.165, 1.54) is 0 Å². The molecule has 1 aromatic heterocycles. The lowest BCUT2D eigenvalue weighted by Gasteiger charge is -2.10. The molecule has 2 rings (SSSR count). The van der Waals surface area contributed by atoms with Gasteiger partial charge in [0.2, 0.25) is 5.95 Å². The average Bonchev–Trinajstić information content (AvgIpc) is 2.34. The maximum absolute atomic E-state index is 10.7. The van der Waals surface area contributed by atoms with Crippen LogP contribution in [0.3, 0.4) is 0 Å². The van der Waals surface area contributed by atoms with Crippen molar-refractivity contribution in [1.29, 1.82) is 0 Å². The van der Waals surface area contributed by atoms with Crippen molar-refractivity contribution < 1.29 is 17.2 Å². The number of hydrogen-bond donors (Lipinski definition) is 2. The van der Waals surface area contributed by atoms with E-state index in [4.69, 9.17) is 4.55 Å². The molecule has 8 heteroatoms. The van der Waals surface area contributed by atoms with Gasteiger partial charge >= 0.3 is 10.4 Å². The van der Waals surface area contributed by atoms with Crippen molar-refractivity contribution in [2.24, 2.45) is 0 Å². The minimum atomic E-state index is -4.59. The van der Waals surface area contributed by atoms with Gasteiger partial charge in [0.05, 0.1) is 11.4 Å². The first-order valence-electron chi connectivity index (χ1n) is 5.69. The molecule has 0 radical (unpaired) electrons. The van der Waals surface area contributed by atoms with Crippen LogP contribution in [0.4, 0.5) is 11.6 Å². The number of hydrogen-bond acceptors (Lipinski definition) is 6. The van der Waals surface area contributed by atoms with Crippen LogP contribution in [-0.2, 0) is 10.4 Å². The molecule has 0 bridgehead atoms. The topological polar surface area (TPSA) is 101 Å². The summed E-state index contributed by atoms with van der Waals surface area (Å²) in [6, 6.07) is 9.29. The van der Waals surface area contributed by atoms with E-state index in [-0.39, 0.29) is 5.75 Å². The van der Waals surface area contributed by atoms with E-state index < -0.39 is 10.4 Å². The molecule has 1 aromatic carbocycles. The van der Waals surface area contributed by atoms with Gasteiger partial charge < -0.3 is 9.50 Å². The Hall–Kier alpha value is -2.19. The molecule has 2 aromatic rings. The van der Waals surface area contributed by atoms with Crippen LogP contribution in [0.5, 0.6) is 5.75 Å². The Kier molecular flexibility index (Phi) is 3.86. The van der Waals surface area contributed by atoms with Gasteiger partial charge in [-0.3, -0.25) is 4.55 Å². The molecule has 0 aliphatic rings. The van der Waals surface area contributed by atoms with Gasteiger partial charge in [-0.1, -0.05) is 18.2 Å². The maximum Gasteiger partial charge on any atom is 0.446 e. The molecule has 0 saturated carbocycles. The van der Waals surface area contributed by atoms with Gasteiger partial charge in [-0.05, 0) is 26.0 Å². The first-order chi connectivity index (χ1) is 9.35. The SMILES string of the molecule is Cc1nc(Nc2ccccc2)nc(C)c1OS(=O)(=O)O. The Labute approximate surface area is 116 Å². The second-order valence-electron chi connectivity index (χ2n) is 4.05. The quantitative estimate of drug-likeness (QED) is 0.832. The molecule has 0 atom stereocenters. The predicted octanol–water partition coefficient (Wildman–Crippen LogP) is 2.02. The van der Waals surface area contributed by atoms with Crippen LogP contribution >= 0.6 is 0 Å². The molecule has 106 valence electrons. The van der Waals surface area contributed by atoms with Crippen molar-refractivity contribution in [2.75, 3.05) is 5.32 Å². The summed E-state index contributed by atoms with van der Waals surface area (Å²) in [5.74, 6) is 0.236. The number of anilines is 2. The Bertz CT molecular complexity index is 694. The number of benzene rings is 1. The van der Waals surface area contributed by atoms with Crippen LogP contribution in [0.15, 0.2) is 30.3 Å². The molecule has 7 nitrogen and oxygen atoms in total. The summed E-state index contributed by atoms with van der Waals surface area (Å²) in [4.78, 5) is 8.18. The Morgan fingerprint density at radius 1 is 1.10 bits per heavy atom. The first kappa shape index (κ1) is 14.2. The van der Waals surface area contributed by atoms with Crippen LogP contribution in [0.2, 0.25) is 0 Å². The van der Waals surface area contributed by atoms with Crippen molar-refractivity contribution in [1.82, 2.24) is 9.97 Å². The molecule has 0 unspecified atom stereocenters. The van der Waals surface area contributed by atoms with Gasteiger partial charge in [0.1, 0.15) is 0 Å². The minimum Gasteiger partial charge on any atom is -0.358 e. The summed E-state index contributed by atoms with van der Waals surface area (Å²) in [5.41, 5.74) is 1.40. The zero-order valence-corrected chi connectivity index (χ0v) is 11.7. The second kappa shape index (κ2) is 5.43. The lowest BCUT2D eigenvalue weighted by Crippen LogP contribution is -2.11. The predicted molar refractivity (Wildman–Crippen MR) is 73.4 cm³/mol. The van der Waals surface area contributed by atoms with Gasteiger partial charge in [0.15, 0.2) is 5.75 Å². The molecule has 0 saturated heterocycles. The fraction of sp³-hybridized carbons (Fsp3) is 0.167. The Morgan fingerprint density at radius 2 is 1.65 bits per heavy atom. The van der Waals surface area contributed by atoms with Crippen LogP contribution in [0, 0.1) is 13.8 Å². The zero-order valence-electron chi connectivity index (χ0n) is 10.9. The molecular weight excluding hydrogens is 282 g/mol. The fourth-order valence-electron chi connectivity index (χ4n) is 1.64. The van der Waals surface area contributed by atoms with Gasteiger partial charge in [-0.2, -0.15) is 8.42 Å². The van der Waals surface area contributed by atoms with E-state index in [9.17, 15) is 8.42 Å². The van der Waals surface area contributed by atoms with Crippen molar-refractivity contribution in [3.63, 3.8) is 0 Å². The highest BCUT2D eigenvalue weighted by atomic mass is 32.3. The normalized spacial score (nSPS) is 11.2. The Balaban J connectivity index is 2.31. The van der Waals surface area contributed by atoms with Crippen LogP contribution < -0.4 is 9.50 Å². The highest BCUT2D eigenvalue weighted by Gasteiger charge is 2.16. The van der Waals surface area contributed by atoms with Gasteiger partial charge in [0.25, 0.3) is 0 Å². The number of aryl methyl sites for hydroxylation is 2. The molecule has 1 heterocycles. The monoisotopic (exact) mass is 295 g/mol. The van der Waals surface area contributed by atoms with Gasteiger partial charge in [0, 0.05) is 5.69 Å². The van der Waals surface area contributed by atoms with E-state index >= 15 is 0 Å². The van der Waals surface area contributed by atoms with Crippen molar-refractivity contribution >= 4 is 22.0 Å². The number of nitrogens with zero attached hydrogens (tertiary/aromatic N) is 2. The molecule has 0 spiro atoms. The third-order valence-electron chi connectivity index (χ3n) is 2.42. The lowest BCUT2D eigenvalue weighted by atomic mass is 10.3. The van der Waals surface area contributed by atoms with Crippen LogP contribution in [0.25, 0.3) is 0 Å². The zero-order chi connectivity index (χ0) is 14.8. The summed E-state index contributed by atoms with van der Waals surface area (Å²) in [6.45, 7) is 3.12. The molecule has 0 fully saturated rings. The average molecular weight is 295 g/mol. The fourth-order valence-corrected chi connectivity index (χ4v) is 2.09. The summed E-state index contributed by atoms with van der Waals surface area (Å²) < 4.78 is 34.6. The second-order valence-corrected chi connectivity index (χ2v) is 5.07. The molecule has 20 heavy (non-hydrogen) atoms. The van der Waals surface area contributed by atoms with Gasteiger partial charge in [-0.25, -0.2) is 9.97 Å². The Morgan fingerprint density at radius 3 is 2.15 bits per heavy atom. The van der Waals surface area contributed by atoms with Crippen LogP contribution in [-0.4, -0.2) is 22.9 Å². The van der Waals surface area contributed by atoms with E-state index in [2.05, 4.69) is 19.5 Å². The molecule has 2 N–H and O–H groups in total. The molecular formula is C12H13N3O4S. The largest absolute Gasteiger partial charge is 0.446 e. The van der Waals surface area contributed by atoms with Gasteiger partial charge in [-0.15, -0.1) is 0 Å². The van der Waals surface area contributed by atoms with Crippen molar-refractivity contribution in [3.8, 4) is 5.75 Å². The smallest absolute Gasteiger partial charge is 0.358 e. The molecule has 0 amide bonds. The number of rotatable bonds is 4. The number of aromatic nitrogens is 2. The summed E-state index contributed by atoms with van der Waals surface area (Å²) in [7, 11) is -4.59. The van der Waals surface area contributed by atoms with E-state index in [0.29, 0.717) is 17.3 Å².